The number of hydrogen-bond donors (Lipinski definition) is 2. The van der Waals surface area contributed by atoms with E-state index in [-0.39, 0.29) is 18.0 Å². The molecule has 0 aliphatic heterocycles. The van der Waals surface area contributed by atoms with Crippen molar-refractivity contribution in [3.05, 3.63) is 0 Å². The molecule has 5 heteroatoms. The third-order valence-corrected chi connectivity index (χ3v) is 2.00. The van der Waals surface area contributed by atoms with Crippen molar-refractivity contribution in [2.24, 2.45) is 5.92 Å². The van der Waals surface area contributed by atoms with E-state index in [0.717, 1.165) is 0 Å². The van der Waals surface area contributed by atoms with Crippen LogP contribution in [0.15, 0.2) is 0 Å². The Morgan fingerprint density at radius 1 is 1.21 bits per heavy atom. The summed E-state index contributed by atoms with van der Waals surface area (Å²) in [5.41, 5.74) is 1.49. The first-order valence-corrected chi connectivity index (χ1v) is 4.43. The van der Waals surface area contributed by atoms with E-state index in [1.807, 2.05) is 0 Å². The molecule has 5 nitrogen and oxygen atoms in total. The van der Waals surface area contributed by atoms with Crippen LogP contribution in [0.1, 0.15) is 33.1 Å². The lowest BCUT2D eigenvalue weighted by Crippen LogP contribution is -2.21. The van der Waals surface area contributed by atoms with Crippen molar-refractivity contribution in [2.75, 3.05) is 0 Å². The quantitative estimate of drug-likeness (QED) is 0.371. The number of hydrogen-bond acceptors (Lipinski definition) is 4. The second-order valence-electron chi connectivity index (χ2n) is 3.20. The summed E-state index contributed by atoms with van der Waals surface area (Å²) in [6.07, 6.45) is 0.891. The van der Waals surface area contributed by atoms with Crippen LogP contribution < -0.4 is 5.48 Å². The Labute approximate surface area is 82.4 Å². The van der Waals surface area contributed by atoms with Gasteiger partial charge in [-0.1, -0.05) is 0 Å². The Morgan fingerprint density at radius 2 is 1.71 bits per heavy atom. The largest absolute Gasteiger partial charge is 0.299 e. The predicted octanol–water partition coefficient (Wildman–Crippen LogP) is 0.456. The summed E-state index contributed by atoms with van der Waals surface area (Å²) in [6.45, 7) is 2.72. The molecule has 0 aromatic carbocycles. The van der Waals surface area contributed by atoms with Crippen LogP contribution in [0, 0.1) is 5.92 Å². The molecule has 0 rings (SSSR count). The van der Waals surface area contributed by atoms with Crippen LogP contribution >= 0.6 is 0 Å². The van der Waals surface area contributed by atoms with Gasteiger partial charge in [-0.15, -0.1) is 0 Å². The lowest BCUT2D eigenvalue weighted by Gasteiger charge is -2.08. The number of carbonyl (C=O) groups excluding carboxylic acids is 3. The minimum absolute atomic E-state index is 0.119. The monoisotopic (exact) mass is 201 g/mol. The van der Waals surface area contributed by atoms with Crippen molar-refractivity contribution in [1.82, 2.24) is 5.48 Å². The van der Waals surface area contributed by atoms with Crippen LogP contribution in [-0.2, 0) is 14.4 Å². The van der Waals surface area contributed by atoms with Gasteiger partial charge in [0.1, 0.15) is 11.6 Å². The first-order valence-electron chi connectivity index (χ1n) is 4.43. The zero-order valence-corrected chi connectivity index (χ0v) is 8.37. The van der Waals surface area contributed by atoms with Crippen LogP contribution in [0.5, 0.6) is 0 Å². The van der Waals surface area contributed by atoms with Crippen LogP contribution in [0.3, 0.4) is 0 Å². The lowest BCUT2D eigenvalue weighted by molar-refractivity contribution is -0.132. The lowest BCUT2D eigenvalue weighted by atomic mass is 9.94. The molecule has 0 radical (unpaired) electrons. The third kappa shape index (κ3) is 4.71. The van der Waals surface area contributed by atoms with Crippen molar-refractivity contribution in [1.29, 1.82) is 0 Å². The molecule has 14 heavy (non-hydrogen) atoms. The van der Waals surface area contributed by atoms with Crippen LogP contribution in [-0.4, -0.2) is 22.7 Å². The van der Waals surface area contributed by atoms with Gasteiger partial charge in [-0.25, -0.2) is 5.48 Å². The summed E-state index contributed by atoms with van der Waals surface area (Å²) in [5.74, 6) is -1.47. The molecule has 0 fully saturated rings. The first-order chi connectivity index (χ1) is 6.49. The topological polar surface area (TPSA) is 83.5 Å². The minimum atomic E-state index is -0.610. The van der Waals surface area contributed by atoms with Crippen LogP contribution in [0.4, 0.5) is 0 Å². The zero-order chi connectivity index (χ0) is 11.1. The summed E-state index contributed by atoms with van der Waals surface area (Å²) < 4.78 is 0. The Bertz CT molecular complexity index is 223. The molecular formula is C9H15NO4. The number of hydroxylamine groups is 1. The Kier molecular flexibility index (Phi) is 5.71. The smallest absolute Gasteiger partial charge is 0.243 e. The number of ketones is 2. The SMILES string of the molecule is CC(=O)C(CCCC(=O)NO)C(C)=O. The van der Waals surface area contributed by atoms with Gasteiger partial charge in [-0.2, -0.15) is 0 Å². The highest BCUT2D eigenvalue weighted by Gasteiger charge is 2.18. The summed E-state index contributed by atoms with van der Waals surface area (Å²) in [6, 6.07) is 0. The van der Waals surface area contributed by atoms with Crippen molar-refractivity contribution in [2.45, 2.75) is 33.1 Å². The second-order valence-corrected chi connectivity index (χ2v) is 3.20. The molecule has 0 spiro atoms. The highest BCUT2D eigenvalue weighted by atomic mass is 16.5. The molecule has 0 aliphatic rings. The molecule has 2 N–H and O–H groups in total. The molecule has 0 heterocycles. The minimum Gasteiger partial charge on any atom is -0.299 e. The molecule has 0 aliphatic carbocycles. The average molecular weight is 201 g/mol. The first kappa shape index (κ1) is 12.8. The molecule has 0 saturated carbocycles. The summed E-state index contributed by atoms with van der Waals surface area (Å²) in [5, 5.41) is 8.18. The van der Waals surface area contributed by atoms with E-state index in [9.17, 15) is 14.4 Å². The summed E-state index contributed by atoms with van der Waals surface area (Å²) in [4.78, 5) is 32.5. The molecule has 0 bridgehead atoms. The third-order valence-electron chi connectivity index (χ3n) is 2.00. The average Bonchev–Trinajstić information content (AvgIpc) is 2.10. The van der Waals surface area contributed by atoms with Gasteiger partial charge >= 0.3 is 0 Å². The van der Waals surface area contributed by atoms with Gasteiger partial charge in [0.2, 0.25) is 5.91 Å². The fourth-order valence-corrected chi connectivity index (χ4v) is 1.22. The number of amides is 1. The van der Waals surface area contributed by atoms with Crippen molar-refractivity contribution in [3.8, 4) is 0 Å². The van der Waals surface area contributed by atoms with Gasteiger partial charge in [0.15, 0.2) is 0 Å². The number of nitrogens with one attached hydrogen (secondary N) is 1. The molecule has 0 aromatic heterocycles. The maximum Gasteiger partial charge on any atom is 0.243 e. The number of Topliss-reactive ketones (excluding diaryl/α,β-unsaturated/α-hetero) is 2. The van der Waals surface area contributed by atoms with E-state index in [1.54, 1.807) is 0 Å². The van der Waals surface area contributed by atoms with E-state index >= 15 is 0 Å². The summed E-state index contributed by atoms with van der Waals surface area (Å²) in [7, 11) is 0. The van der Waals surface area contributed by atoms with Gasteiger partial charge in [0.25, 0.3) is 0 Å². The van der Waals surface area contributed by atoms with Gasteiger partial charge in [0, 0.05) is 6.42 Å². The van der Waals surface area contributed by atoms with Gasteiger partial charge in [-0.3, -0.25) is 19.6 Å². The molecule has 1 amide bonds. The molecule has 0 atom stereocenters. The molecule has 0 saturated heterocycles. The normalized spacial score (nSPS) is 10.0. The van der Waals surface area contributed by atoms with Crippen LogP contribution in [0.2, 0.25) is 0 Å². The van der Waals surface area contributed by atoms with Crippen molar-refractivity contribution in [3.63, 3.8) is 0 Å². The molecule has 80 valence electrons. The van der Waals surface area contributed by atoms with E-state index in [0.29, 0.717) is 12.8 Å². The molecular weight excluding hydrogens is 186 g/mol. The van der Waals surface area contributed by atoms with E-state index in [1.165, 1.54) is 19.3 Å². The number of carbonyl (C=O) groups is 3. The highest BCUT2D eigenvalue weighted by Crippen LogP contribution is 2.10. The zero-order valence-electron chi connectivity index (χ0n) is 8.37. The van der Waals surface area contributed by atoms with Crippen molar-refractivity contribution >= 4 is 17.5 Å². The van der Waals surface area contributed by atoms with Gasteiger partial charge in [0.05, 0.1) is 5.92 Å². The highest BCUT2D eigenvalue weighted by molar-refractivity contribution is 6.00. The standard InChI is InChI=1S/C9H15NO4/c1-6(11)8(7(2)12)4-3-5-9(13)10-14/h8,14H,3-5H2,1-2H3,(H,10,13). The second kappa shape index (κ2) is 6.26. The summed E-state index contributed by atoms with van der Waals surface area (Å²) >= 11 is 0. The Hall–Kier alpha value is -1.23. The van der Waals surface area contributed by atoms with E-state index in [4.69, 9.17) is 5.21 Å². The fraction of sp³-hybridized carbons (Fsp3) is 0.667. The molecule has 0 unspecified atom stereocenters. The van der Waals surface area contributed by atoms with Crippen LogP contribution in [0.25, 0.3) is 0 Å². The van der Waals surface area contributed by atoms with Crippen molar-refractivity contribution < 1.29 is 19.6 Å². The van der Waals surface area contributed by atoms with Gasteiger partial charge < -0.3 is 0 Å². The predicted molar refractivity (Wildman–Crippen MR) is 48.6 cm³/mol. The maximum absolute atomic E-state index is 11.0. The number of rotatable bonds is 6. The van der Waals surface area contributed by atoms with Gasteiger partial charge in [-0.05, 0) is 26.7 Å². The molecule has 0 aromatic rings. The Morgan fingerprint density at radius 3 is 2.07 bits per heavy atom. The maximum atomic E-state index is 11.0. The van der Waals surface area contributed by atoms with E-state index < -0.39 is 11.8 Å². The Balaban J connectivity index is 3.90. The fourth-order valence-electron chi connectivity index (χ4n) is 1.22. The van der Waals surface area contributed by atoms with E-state index in [2.05, 4.69) is 0 Å².